The number of alkyl halides is 1. The molecule has 0 fully saturated rings. The van der Waals surface area contributed by atoms with Gasteiger partial charge in [-0.25, -0.2) is 0 Å². The van der Waals surface area contributed by atoms with Crippen LogP contribution in [-0.4, -0.2) is 0 Å². The highest BCUT2D eigenvalue weighted by molar-refractivity contribution is 14.1. The molecule has 0 saturated heterocycles. The molecule has 0 unspecified atom stereocenters. The smallest absolute Gasteiger partial charge is 0.0247 e. The van der Waals surface area contributed by atoms with E-state index in [1.54, 1.807) is 0 Å². The molecular formula is C11H20IN. The van der Waals surface area contributed by atoms with Gasteiger partial charge in [0.2, 0.25) is 0 Å². The summed E-state index contributed by atoms with van der Waals surface area (Å²) in [5.41, 5.74) is 1.40. The van der Waals surface area contributed by atoms with E-state index in [2.05, 4.69) is 60.7 Å². The van der Waals surface area contributed by atoms with Crippen molar-refractivity contribution in [3.05, 3.63) is 35.9 Å². The van der Waals surface area contributed by atoms with Gasteiger partial charge in [-0.05, 0) is 5.56 Å². The SMILES string of the molecule is CCCC.ICc1ccccc1.N. The first kappa shape index (κ1) is 15.4. The van der Waals surface area contributed by atoms with Crippen molar-refractivity contribution in [2.75, 3.05) is 0 Å². The Bertz CT molecular complexity index is 173. The Labute approximate surface area is 95.7 Å². The van der Waals surface area contributed by atoms with Gasteiger partial charge in [0, 0.05) is 4.43 Å². The topological polar surface area (TPSA) is 35.0 Å². The molecule has 1 nitrogen and oxygen atoms in total. The van der Waals surface area contributed by atoms with Gasteiger partial charge in [-0.2, -0.15) is 0 Å². The first-order chi connectivity index (χ1) is 5.85. The maximum Gasteiger partial charge on any atom is 0.0247 e. The molecule has 1 rings (SSSR count). The van der Waals surface area contributed by atoms with Crippen LogP contribution in [0.25, 0.3) is 0 Å². The van der Waals surface area contributed by atoms with Crippen LogP contribution in [0, 0.1) is 0 Å². The van der Waals surface area contributed by atoms with E-state index < -0.39 is 0 Å². The zero-order chi connectivity index (χ0) is 9.23. The molecule has 0 bridgehead atoms. The minimum Gasteiger partial charge on any atom is -0.344 e. The molecule has 2 heteroatoms. The van der Waals surface area contributed by atoms with Gasteiger partial charge in [-0.1, -0.05) is 79.6 Å². The molecule has 0 atom stereocenters. The Morgan fingerprint density at radius 1 is 1.00 bits per heavy atom. The van der Waals surface area contributed by atoms with Gasteiger partial charge in [0.25, 0.3) is 0 Å². The Morgan fingerprint density at radius 2 is 1.46 bits per heavy atom. The van der Waals surface area contributed by atoms with Gasteiger partial charge in [0.15, 0.2) is 0 Å². The largest absolute Gasteiger partial charge is 0.344 e. The van der Waals surface area contributed by atoms with E-state index in [1.807, 2.05) is 6.07 Å². The van der Waals surface area contributed by atoms with Gasteiger partial charge in [0.05, 0.1) is 0 Å². The van der Waals surface area contributed by atoms with E-state index >= 15 is 0 Å². The van der Waals surface area contributed by atoms with Gasteiger partial charge in [0.1, 0.15) is 0 Å². The minimum atomic E-state index is 0. The Balaban J connectivity index is 0. The van der Waals surface area contributed by atoms with Crippen molar-refractivity contribution in [1.29, 1.82) is 0 Å². The van der Waals surface area contributed by atoms with Crippen LogP contribution in [0.4, 0.5) is 0 Å². The molecule has 76 valence electrons. The first-order valence-corrected chi connectivity index (χ1v) is 5.97. The second-order valence-electron chi connectivity index (χ2n) is 2.62. The van der Waals surface area contributed by atoms with Crippen LogP contribution in [0.2, 0.25) is 0 Å². The number of hydrogen-bond acceptors (Lipinski definition) is 1. The molecule has 0 saturated carbocycles. The molecule has 0 aliphatic rings. The van der Waals surface area contributed by atoms with Crippen LogP contribution < -0.4 is 6.15 Å². The van der Waals surface area contributed by atoms with Crippen molar-refractivity contribution in [3.8, 4) is 0 Å². The fourth-order valence-electron chi connectivity index (χ4n) is 0.567. The molecule has 0 aliphatic heterocycles. The highest BCUT2D eigenvalue weighted by Crippen LogP contribution is 2.02. The van der Waals surface area contributed by atoms with Crippen molar-refractivity contribution in [3.63, 3.8) is 0 Å². The Morgan fingerprint density at radius 3 is 1.69 bits per heavy atom. The summed E-state index contributed by atoms with van der Waals surface area (Å²) < 4.78 is 1.11. The lowest BCUT2D eigenvalue weighted by Gasteiger charge is -1.88. The molecule has 1 aromatic rings. The number of hydrogen-bond donors (Lipinski definition) is 1. The van der Waals surface area contributed by atoms with Crippen LogP contribution in [0.1, 0.15) is 32.3 Å². The molecule has 1 aromatic carbocycles. The van der Waals surface area contributed by atoms with Gasteiger partial charge >= 0.3 is 0 Å². The molecule has 0 aromatic heterocycles. The molecule has 3 N–H and O–H groups in total. The van der Waals surface area contributed by atoms with Crippen molar-refractivity contribution < 1.29 is 0 Å². The molecule has 0 heterocycles. The second kappa shape index (κ2) is 11.9. The summed E-state index contributed by atoms with van der Waals surface area (Å²) in [7, 11) is 0. The van der Waals surface area contributed by atoms with E-state index in [-0.39, 0.29) is 6.15 Å². The number of halogens is 1. The molecule has 0 spiro atoms. The lowest BCUT2D eigenvalue weighted by atomic mass is 10.2. The van der Waals surface area contributed by atoms with Gasteiger partial charge in [-0.15, -0.1) is 0 Å². The Hall–Kier alpha value is -0.0900. The summed E-state index contributed by atoms with van der Waals surface area (Å²) in [5.74, 6) is 0. The lowest BCUT2D eigenvalue weighted by Crippen LogP contribution is -1.70. The summed E-state index contributed by atoms with van der Waals surface area (Å²) in [4.78, 5) is 0. The second-order valence-corrected chi connectivity index (χ2v) is 3.38. The van der Waals surface area contributed by atoms with Crippen molar-refractivity contribution in [2.45, 2.75) is 31.1 Å². The summed E-state index contributed by atoms with van der Waals surface area (Å²) in [6.07, 6.45) is 2.64. The van der Waals surface area contributed by atoms with E-state index in [4.69, 9.17) is 0 Å². The molecule has 0 amide bonds. The summed E-state index contributed by atoms with van der Waals surface area (Å²) >= 11 is 2.35. The minimum absolute atomic E-state index is 0. The molecular weight excluding hydrogens is 273 g/mol. The average Bonchev–Trinajstić information content (AvgIpc) is 2.19. The van der Waals surface area contributed by atoms with Crippen LogP contribution in [0.3, 0.4) is 0 Å². The fourth-order valence-corrected chi connectivity index (χ4v) is 1.08. The normalized spacial score (nSPS) is 7.92. The summed E-state index contributed by atoms with van der Waals surface area (Å²) in [6.45, 7) is 4.36. The highest BCUT2D eigenvalue weighted by atomic mass is 127. The van der Waals surface area contributed by atoms with E-state index in [9.17, 15) is 0 Å². The third-order valence-corrected chi connectivity index (χ3v) is 2.38. The Kier molecular flexibility index (Phi) is 14.1. The van der Waals surface area contributed by atoms with Crippen LogP contribution in [0.5, 0.6) is 0 Å². The fraction of sp³-hybridized carbons (Fsp3) is 0.455. The monoisotopic (exact) mass is 293 g/mol. The number of benzene rings is 1. The first-order valence-electron chi connectivity index (χ1n) is 4.45. The van der Waals surface area contributed by atoms with Crippen molar-refractivity contribution in [1.82, 2.24) is 6.15 Å². The van der Waals surface area contributed by atoms with Crippen LogP contribution in [-0.2, 0) is 4.43 Å². The zero-order valence-electron chi connectivity index (χ0n) is 8.59. The lowest BCUT2D eigenvalue weighted by molar-refractivity contribution is 0.886. The third-order valence-electron chi connectivity index (χ3n) is 1.50. The molecule has 0 aliphatic carbocycles. The van der Waals surface area contributed by atoms with Crippen LogP contribution >= 0.6 is 22.6 Å². The maximum absolute atomic E-state index is 2.35. The summed E-state index contributed by atoms with van der Waals surface area (Å²) in [5, 5.41) is 0. The van der Waals surface area contributed by atoms with Crippen molar-refractivity contribution >= 4 is 22.6 Å². The van der Waals surface area contributed by atoms with E-state index in [1.165, 1.54) is 18.4 Å². The highest BCUT2D eigenvalue weighted by Gasteiger charge is 1.81. The van der Waals surface area contributed by atoms with Crippen molar-refractivity contribution in [2.24, 2.45) is 0 Å². The van der Waals surface area contributed by atoms with Gasteiger partial charge < -0.3 is 6.15 Å². The van der Waals surface area contributed by atoms with E-state index in [0.29, 0.717) is 0 Å². The van der Waals surface area contributed by atoms with Gasteiger partial charge in [-0.3, -0.25) is 0 Å². The number of unbranched alkanes of at least 4 members (excludes halogenated alkanes) is 1. The zero-order valence-corrected chi connectivity index (χ0v) is 10.8. The molecule has 0 radical (unpaired) electrons. The third kappa shape index (κ3) is 9.83. The maximum atomic E-state index is 2.35. The molecule has 13 heavy (non-hydrogen) atoms. The summed E-state index contributed by atoms with van der Waals surface area (Å²) in [6, 6.07) is 10.4. The number of rotatable bonds is 2. The van der Waals surface area contributed by atoms with Crippen LogP contribution in [0.15, 0.2) is 30.3 Å². The average molecular weight is 293 g/mol. The quantitative estimate of drug-likeness (QED) is 0.628. The predicted octanol–water partition coefficient (Wildman–Crippen LogP) is 4.59. The predicted molar refractivity (Wildman–Crippen MR) is 69.8 cm³/mol. The van der Waals surface area contributed by atoms with E-state index in [0.717, 1.165) is 4.43 Å². The standard InChI is InChI=1S/C7H7I.C4H10.H3N/c8-6-7-4-2-1-3-5-7;1-3-4-2;/h1-5H,6H2;3-4H2,1-2H3;1H3.